The molecule has 0 unspecified atom stereocenters. The van der Waals surface area contributed by atoms with Gasteiger partial charge >= 0.3 is 0 Å². The van der Waals surface area contributed by atoms with Crippen LogP contribution < -0.4 is 10.5 Å². The van der Waals surface area contributed by atoms with Gasteiger partial charge in [0.15, 0.2) is 0 Å². The van der Waals surface area contributed by atoms with Crippen molar-refractivity contribution < 1.29 is 9.66 Å². The smallest absolute Gasteiger partial charge is 0.292 e. The van der Waals surface area contributed by atoms with Crippen LogP contribution in [0.5, 0.6) is 5.75 Å². The predicted molar refractivity (Wildman–Crippen MR) is 69.5 cm³/mol. The van der Waals surface area contributed by atoms with Crippen molar-refractivity contribution in [2.75, 3.05) is 12.8 Å². The van der Waals surface area contributed by atoms with Crippen molar-refractivity contribution in [3.05, 3.63) is 52.6 Å². The number of benzene rings is 2. The number of nitrogen functional groups attached to an aromatic ring is 1. The van der Waals surface area contributed by atoms with Crippen molar-refractivity contribution in [1.82, 2.24) is 0 Å². The molecular formula is C13H12N2O3. The molecule has 0 aliphatic rings. The maximum absolute atomic E-state index is 10.9. The third kappa shape index (κ3) is 2.10. The number of rotatable bonds is 3. The Balaban J connectivity index is 2.58. The maximum atomic E-state index is 10.9. The van der Waals surface area contributed by atoms with Gasteiger partial charge in [-0.25, -0.2) is 0 Å². The number of nitro groups is 1. The van der Waals surface area contributed by atoms with Gasteiger partial charge in [0.25, 0.3) is 5.69 Å². The molecule has 2 rings (SSSR count). The molecule has 0 saturated carbocycles. The summed E-state index contributed by atoms with van der Waals surface area (Å²) in [7, 11) is 1.56. The van der Waals surface area contributed by atoms with E-state index < -0.39 is 4.92 Å². The van der Waals surface area contributed by atoms with Crippen LogP contribution in [-0.4, -0.2) is 12.0 Å². The van der Waals surface area contributed by atoms with Crippen molar-refractivity contribution in [2.24, 2.45) is 0 Å². The number of para-hydroxylation sites is 1. The first kappa shape index (κ1) is 11.9. The van der Waals surface area contributed by atoms with Crippen molar-refractivity contribution in [1.29, 1.82) is 0 Å². The lowest BCUT2D eigenvalue weighted by Crippen LogP contribution is -1.96. The Morgan fingerprint density at radius 3 is 2.61 bits per heavy atom. The number of hydrogen-bond acceptors (Lipinski definition) is 4. The molecule has 5 heteroatoms. The summed E-state index contributed by atoms with van der Waals surface area (Å²) in [5.74, 6) is 0.663. The van der Waals surface area contributed by atoms with Crippen LogP contribution in [0, 0.1) is 10.1 Å². The van der Waals surface area contributed by atoms with Crippen LogP contribution in [0.25, 0.3) is 11.1 Å². The van der Waals surface area contributed by atoms with Crippen LogP contribution in [0.3, 0.4) is 0 Å². The van der Waals surface area contributed by atoms with E-state index in [0.29, 0.717) is 11.3 Å². The van der Waals surface area contributed by atoms with E-state index in [0.717, 1.165) is 5.56 Å². The van der Waals surface area contributed by atoms with Crippen LogP contribution in [0.15, 0.2) is 42.5 Å². The standard InChI is InChI=1S/C13H12N2O3/c1-18-13-5-3-2-4-10(13)9-6-7-11(14)12(8-9)15(16)17/h2-8H,14H2,1H3. The molecule has 2 aromatic rings. The highest BCUT2D eigenvalue weighted by Crippen LogP contribution is 2.33. The molecule has 0 aliphatic heterocycles. The number of hydrogen-bond donors (Lipinski definition) is 1. The molecule has 0 fully saturated rings. The van der Waals surface area contributed by atoms with Gasteiger partial charge in [-0.3, -0.25) is 10.1 Å². The molecule has 5 nitrogen and oxygen atoms in total. The minimum absolute atomic E-state index is 0.0987. The minimum Gasteiger partial charge on any atom is -0.496 e. The van der Waals surface area contributed by atoms with Gasteiger partial charge < -0.3 is 10.5 Å². The fourth-order valence-corrected chi connectivity index (χ4v) is 1.75. The van der Waals surface area contributed by atoms with Crippen molar-refractivity contribution in [3.8, 4) is 16.9 Å². The highest BCUT2D eigenvalue weighted by atomic mass is 16.6. The number of nitrogens with zero attached hydrogens (tertiary/aromatic N) is 1. The van der Waals surface area contributed by atoms with Crippen LogP contribution in [0.2, 0.25) is 0 Å². The monoisotopic (exact) mass is 244 g/mol. The highest BCUT2D eigenvalue weighted by Gasteiger charge is 2.14. The van der Waals surface area contributed by atoms with E-state index in [1.165, 1.54) is 12.1 Å². The average molecular weight is 244 g/mol. The molecule has 0 saturated heterocycles. The van der Waals surface area contributed by atoms with Crippen molar-refractivity contribution >= 4 is 11.4 Å². The fraction of sp³-hybridized carbons (Fsp3) is 0.0769. The zero-order valence-electron chi connectivity index (χ0n) is 9.79. The Morgan fingerprint density at radius 2 is 1.94 bits per heavy atom. The Morgan fingerprint density at radius 1 is 1.22 bits per heavy atom. The summed E-state index contributed by atoms with van der Waals surface area (Å²) in [4.78, 5) is 10.4. The molecule has 2 aromatic carbocycles. The molecule has 0 aromatic heterocycles. The summed E-state index contributed by atoms with van der Waals surface area (Å²) in [5.41, 5.74) is 7.12. The Kier molecular flexibility index (Phi) is 3.14. The Bertz CT molecular complexity index is 597. The number of nitro benzene ring substituents is 1. The Labute approximate surface area is 104 Å². The number of nitrogens with two attached hydrogens (primary N) is 1. The topological polar surface area (TPSA) is 78.4 Å². The lowest BCUT2D eigenvalue weighted by atomic mass is 10.0. The van der Waals surface area contributed by atoms with Crippen LogP contribution >= 0.6 is 0 Å². The minimum atomic E-state index is -0.492. The summed E-state index contributed by atoms with van der Waals surface area (Å²) >= 11 is 0. The van der Waals surface area contributed by atoms with E-state index >= 15 is 0 Å². The number of ether oxygens (including phenoxy) is 1. The molecule has 0 spiro atoms. The molecular weight excluding hydrogens is 232 g/mol. The molecule has 0 amide bonds. The van der Waals surface area contributed by atoms with Gasteiger partial charge in [0.05, 0.1) is 12.0 Å². The van der Waals surface area contributed by atoms with E-state index in [4.69, 9.17) is 10.5 Å². The van der Waals surface area contributed by atoms with Crippen LogP contribution in [0.1, 0.15) is 0 Å². The first-order valence-corrected chi connectivity index (χ1v) is 5.31. The van der Waals surface area contributed by atoms with E-state index in [1.807, 2.05) is 18.2 Å². The second kappa shape index (κ2) is 4.75. The summed E-state index contributed by atoms with van der Waals surface area (Å²) in [5, 5.41) is 10.9. The van der Waals surface area contributed by atoms with Gasteiger partial charge in [0.2, 0.25) is 0 Å². The van der Waals surface area contributed by atoms with E-state index in [1.54, 1.807) is 19.2 Å². The molecule has 0 heterocycles. The molecule has 18 heavy (non-hydrogen) atoms. The normalized spacial score (nSPS) is 10.1. The molecule has 0 aliphatic carbocycles. The predicted octanol–water partition coefficient (Wildman–Crippen LogP) is 2.85. The van der Waals surface area contributed by atoms with E-state index in [-0.39, 0.29) is 11.4 Å². The fourth-order valence-electron chi connectivity index (χ4n) is 1.75. The zero-order valence-corrected chi connectivity index (χ0v) is 9.79. The molecule has 0 bridgehead atoms. The van der Waals surface area contributed by atoms with Crippen LogP contribution in [0.4, 0.5) is 11.4 Å². The summed E-state index contributed by atoms with van der Waals surface area (Å²) in [6.45, 7) is 0. The van der Waals surface area contributed by atoms with Gasteiger partial charge in [-0.05, 0) is 17.7 Å². The first-order chi connectivity index (χ1) is 8.63. The van der Waals surface area contributed by atoms with Gasteiger partial charge in [-0.2, -0.15) is 0 Å². The summed E-state index contributed by atoms with van der Waals surface area (Å²) in [6, 6.07) is 12.0. The summed E-state index contributed by atoms with van der Waals surface area (Å²) in [6.07, 6.45) is 0. The third-order valence-electron chi connectivity index (χ3n) is 2.65. The molecule has 2 N–H and O–H groups in total. The highest BCUT2D eigenvalue weighted by molar-refractivity contribution is 5.76. The van der Waals surface area contributed by atoms with E-state index in [9.17, 15) is 10.1 Å². The molecule has 0 atom stereocenters. The average Bonchev–Trinajstić information content (AvgIpc) is 2.39. The largest absolute Gasteiger partial charge is 0.496 e. The first-order valence-electron chi connectivity index (χ1n) is 5.31. The lowest BCUT2D eigenvalue weighted by Gasteiger charge is -2.08. The van der Waals surface area contributed by atoms with Gasteiger partial charge in [0, 0.05) is 11.6 Å². The van der Waals surface area contributed by atoms with Gasteiger partial charge in [-0.1, -0.05) is 24.3 Å². The van der Waals surface area contributed by atoms with Gasteiger partial charge in [-0.15, -0.1) is 0 Å². The lowest BCUT2D eigenvalue weighted by molar-refractivity contribution is -0.383. The quantitative estimate of drug-likeness (QED) is 0.511. The molecule has 0 radical (unpaired) electrons. The van der Waals surface area contributed by atoms with Crippen molar-refractivity contribution in [2.45, 2.75) is 0 Å². The second-order valence-electron chi connectivity index (χ2n) is 3.73. The number of anilines is 1. The maximum Gasteiger partial charge on any atom is 0.292 e. The zero-order chi connectivity index (χ0) is 13.1. The third-order valence-corrected chi connectivity index (χ3v) is 2.65. The van der Waals surface area contributed by atoms with Crippen molar-refractivity contribution in [3.63, 3.8) is 0 Å². The second-order valence-corrected chi connectivity index (χ2v) is 3.73. The SMILES string of the molecule is COc1ccccc1-c1ccc(N)c([N+](=O)[O-])c1. The summed E-state index contributed by atoms with van der Waals surface area (Å²) < 4.78 is 5.23. The van der Waals surface area contributed by atoms with E-state index in [2.05, 4.69) is 0 Å². The Hall–Kier alpha value is -2.56. The van der Waals surface area contributed by atoms with Gasteiger partial charge in [0.1, 0.15) is 11.4 Å². The van der Waals surface area contributed by atoms with Crippen LogP contribution in [-0.2, 0) is 0 Å². The number of methoxy groups -OCH3 is 1. The molecule has 92 valence electrons.